The third kappa shape index (κ3) is 3.34. The first-order valence-corrected chi connectivity index (χ1v) is 7.77. The standard InChI is InChI=1S/C13H14BrN3O2S/c1-3-10-7-15-13(20-10)8(2)16-11-5-4-9(14)6-12(11)17(18)19/h4-8,16H,3H2,1-2H3. The number of halogens is 1. The molecule has 1 heterocycles. The highest BCUT2D eigenvalue weighted by atomic mass is 79.9. The van der Waals surface area contributed by atoms with Crippen molar-refractivity contribution in [3.63, 3.8) is 0 Å². The van der Waals surface area contributed by atoms with E-state index in [1.54, 1.807) is 23.5 Å². The minimum Gasteiger partial charge on any atom is -0.371 e. The number of aromatic nitrogens is 1. The zero-order valence-electron chi connectivity index (χ0n) is 11.1. The van der Waals surface area contributed by atoms with Gasteiger partial charge in [-0.2, -0.15) is 0 Å². The predicted octanol–water partition coefficient (Wildman–Crippen LogP) is 4.55. The SMILES string of the molecule is CCc1cnc(C(C)Nc2ccc(Br)cc2[N+](=O)[O-])s1. The molecule has 1 aromatic heterocycles. The normalized spacial score (nSPS) is 12.2. The average molecular weight is 356 g/mol. The second-order valence-electron chi connectivity index (χ2n) is 4.30. The van der Waals surface area contributed by atoms with Gasteiger partial charge in [-0.3, -0.25) is 10.1 Å². The Morgan fingerprint density at radius 3 is 2.90 bits per heavy atom. The lowest BCUT2D eigenvalue weighted by molar-refractivity contribution is -0.384. The predicted molar refractivity (Wildman–Crippen MR) is 84.3 cm³/mol. The van der Waals surface area contributed by atoms with Crippen LogP contribution < -0.4 is 5.32 Å². The topological polar surface area (TPSA) is 68.1 Å². The third-order valence-corrected chi connectivity index (χ3v) is 4.64. The maximum absolute atomic E-state index is 11.1. The maximum Gasteiger partial charge on any atom is 0.293 e. The number of nitro benzene ring substituents is 1. The van der Waals surface area contributed by atoms with Crippen molar-refractivity contribution in [1.82, 2.24) is 4.98 Å². The van der Waals surface area contributed by atoms with Gasteiger partial charge >= 0.3 is 0 Å². The Bertz CT molecular complexity index is 630. The molecule has 20 heavy (non-hydrogen) atoms. The average Bonchev–Trinajstić information content (AvgIpc) is 2.89. The van der Waals surface area contributed by atoms with Crippen LogP contribution >= 0.6 is 27.3 Å². The summed E-state index contributed by atoms with van der Waals surface area (Å²) < 4.78 is 0.685. The molecule has 1 atom stereocenters. The molecule has 0 fully saturated rings. The fraction of sp³-hybridized carbons (Fsp3) is 0.308. The van der Waals surface area contributed by atoms with E-state index in [0.717, 1.165) is 11.4 Å². The Labute approximate surface area is 129 Å². The Balaban J connectivity index is 2.23. The number of nitrogens with zero attached hydrogens (tertiary/aromatic N) is 2. The van der Waals surface area contributed by atoms with Gasteiger partial charge in [0.2, 0.25) is 0 Å². The minimum atomic E-state index is -0.390. The van der Waals surface area contributed by atoms with Crippen LogP contribution in [0.1, 0.15) is 29.8 Å². The van der Waals surface area contributed by atoms with Gasteiger partial charge in [0.1, 0.15) is 10.7 Å². The van der Waals surface area contributed by atoms with E-state index in [-0.39, 0.29) is 16.7 Å². The number of hydrogen-bond acceptors (Lipinski definition) is 5. The molecular formula is C13H14BrN3O2S. The number of rotatable bonds is 5. The van der Waals surface area contributed by atoms with Gasteiger partial charge in [-0.05, 0) is 25.5 Å². The van der Waals surface area contributed by atoms with Crippen molar-refractivity contribution in [3.05, 3.63) is 48.9 Å². The van der Waals surface area contributed by atoms with Crippen molar-refractivity contribution in [2.75, 3.05) is 5.32 Å². The Morgan fingerprint density at radius 1 is 1.55 bits per heavy atom. The minimum absolute atomic E-state index is 0.0542. The summed E-state index contributed by atoms with van der Waals surface area (Å²) in [5.74, 6) is 0. The molecule has 0 radical (unpaired) electrons. The van der Waals surface area contributed by atoms with Gasteiger partial charge in [0, 0.05) is 21.6 Å². The van der Waals surface area contributed by atoms with Crippen LogP contribution in [0.2, 0.25) is 0 Å². The number of nitro groups is 1. The third-order valence-electron chi connectivity index (χ3n) is 2.82. The van der Waals surface area contributed by atoms with Gasteiger partial charge in [0.05, 0.1) is 11.0 Å². The Kier molecular flexibility index (Phi) is 4.72. The van der Waals surface area contributed by atoms with E-state index >= 15 is 0 Å². The fourth-order valence-electron chi connectivity index (χ4n) is 1.76. The summed E-state index contributed by atoms with van der Waals surface area (Å²) in [4.78, 5) is 16.2. The number of nitrogens with one attached hydrogen (secondary N) is 1. The molecule has 0 aliphatic heterocycles. The van der Waals surface area contributed by atoms with Crippen LogP contribution in [0.4, 0.5) is 11.4 Å². The van der Waals surface area contributed by atoms with Crippen LogP contribution in [0.5, 0.6) is 0 Å². The molecular weight excluding hydrogens is 342 g/mol. The number of thiazole rings is 1. The molecule has 1 unspecified atom stereocenters. The van der Waals surface area contributed by atoms with E-state index in [4.69, 9.17) is 0 Å². The summed E-state index contributed by atoms with van der Waals surface area (Å²) >= 11 is 4.87. The molecule has 1 aromatic carbocycles. The van der Waals surface area contributed by atoms with Gasteiger partial charge in [0.15, 0.2) is 0 Å². The van der Waals surface area contributed by atoms with Crippen molar-refractivity contribution >= 4 is 38.6 Å². The van der Waals surface area contributed by atoms with E-state index in [0.29, 0.717) is 10.2 Å². The Morgan fingerprint density at radius 2 is 2.30 bits per heavy atom. The lowest BCUT2D eigenvalue weighted by atomic mass is 10.2. The summed E-state index contributed by atoms with van der Waals surface area (Å²) in [6, 6.07) is 4.91. The highest BCUT2D eigenvalue weighted by Gasteiger charge is 2.18. The van der Waals surface area contributed by atoms with Gasteiger partial charge in [-0.1, -0.05) is 22.9 Å². The molecule has 0 aliphatic carbocycles. The van der Waals surface area contributed by atoms with Gasteiger partial charge in [-0.25, -0.2) is 4.98 Å². The number of benzene rings is 1. The molecule has 0 bridgehead atoms. The van der Waals surface area contributed by atoms with Crippen molar-refractivity contribution in [2.45, 2.75) is 26.3 Å². The smallest absolute Gasteiger partial charge is 0.293 e. The molecule has 2 rings (SSSR count). The monoisotopic (exact) mass is 355 g/mol. The van der Waals surface area contributed by atoms with Crippen LogP contribution in [0.15, 0.2) is 28.9 Å². The summed E-state index contributed by atoms with van der Waals surface area (Å²) in [6.45, 7) is 4.03. The van der Waals surface area contributed by atoms with E-state index in [1.165, 1.54) is 10.9 Å². The highest BCUT2D eigenvalue weighted by Crippen LogP contribution is 2.31. The van der Waals surface area contributed by atoms with Gasteiger partial charge in [0.25, 0.3) is 5.69 Å². The van der Waals surface area contributed by atoms with Crippen molar-refractivity contribution in [2.24, 2.45) is 0 Å². The second kappa shape index (κ2) is 6.32. The molecule has 0 amide bonds. The number of aryl methyl sites for hydroxylation is 1. The first-order chi connectivity index (χ1) is 9.51. The maximum atomic E-state index is 11.1. The molecule has 0 saturated carbocycles. The van der Waals surface area contributed by atoms with Crippen LogP contribution in [-0.2, 0) is 6.42 Å². The fourth-order valence-corrected chi connectivity index (χ4v) is 2.97. The van der Waals surface area contributed by atoms with Crippen molar-refractivity contribution in [3.8, 4) is 0 Å². The van der Waals surface area contributed by atoms with Gasteiger partial charge in [-0.15, -0.1) is 11.3 Å². The van der Waals surface area contributed by atoms with Crippen LogP contribution in [0.25, 0.3) is 0 Å². The van der Waals surface area contributed by atoms with Gasteiger partial charge < -0.3 is 5.32 Å². The summed E-state index contributed by atoms with van der Waals surface area (Å²) in [5.41, 5.74) is 0.553. The number of anilines is 1. The lowest BCUT2D eigenvalue weighted by Gasteiger charge is -2.13. The van der Waals surface area contributed by atoms with E-state index in [1.807, 2.05) is 13.1 Å². The molecule has 7 heteroatoms. The lowest BCUT2D eigenvalue weighted by Crippen LogP contribution is -2.08. The van der Waals surface area contributed by atoms with E-state index < -0.39 is 0 Å². The first kappa shape index (κ1) is 14.9. The van der Waals surface area contributed by atoms with E-state index in [2.05, 4.69) is 33.2 Å². The zero-order valence-corrected chi connectivity index (χ0v) is 13.5. The molecule has 5 nitrogen and oxygen atoms in total. The first-order valence-electron chi connectivity index (χ1n) is 6.16. The van der Waals surface area contributed by atoms with E-state index in [9.17, 15) is 10.1 Å². The largest absolute Gasteiger partial charge is 0.371 e. The van der Waals surface area contributed by atoms with Crippen molar-refractivity contribution in [1.29, 1.82) is 0 Å². The summed E-state index contributed by atoms with van der Waals surface area (Å²) in [7, 11) is 0. The Hall–Kier alpha value is -1.47. The number of hydrogen-bond donors (Lipinski definition) is 1. The van der Waals surface area contributed by atoms with Crippen LogP contribution in [0, 0.1) is 10.1 Å². The van der Waals surface area contributed by atoms with Crippen LogP contribution in [-0.4, -0.2) is 9.91 Å². The quantitative estimate of drug-likeness (QED) is 0.630. The van der Waals surface area contributed by atoms with Crippen LogP contribution in [0.3, 0.4) is 0 Å². The highest BCUT2D eigenvalue weighted by molar-refractivity contribution is 9.10. The summed E-state index contributed by atoms with van der Waals surface area (Å²) in [6.07, 6.45) is 2.80. The molecule has 106 valence electrons. The molecule has 2 aromatic rings. The van der Waals surface area contributed by atoms with Crippen molar-refractivity contribution < 1.29 is 4.92 Å². The summed E-state index contributed by atoms with van der Waals surface area (Å²) in [5, 5.41) is 15.2. The molecule has 0 saturated heterocycles. The molecule has 0 aliphatic rings. The molecule has 1 N–H and O–H groups in total. The second-order valence-corrected chi connectivity index (χ2v) is 6.37. The molecule has 0 spiro atoms. The zero-order chi connectivity index (χ0) is 14.7.